The van der Waals surface area contributed by atoms with Crippen LogP contribution in [0.3, 0.4) is 0 Å². The second-order valence-corrected chi connectivity index (χ2v) is 4.88. The van der Waals surface area contributed by atoms with Crippen molar-refractivity contribution in [1.82, 2.24) is 5.32 Å². The number of nitrogens with one attached hydrogen (secondary N) is 1. The predicted molar refractivity (Wildman–Crippen MR) is 57.9 cm³/mol. The molecule has 0 saturated heterocycles. The van der Waals surface area contributed by atoms with Crippen LogP contribution < -0.4 is 16.2 Å². The van der Waals surface area contributed by atoms with Crippen molar-refractivity contribution in [3.8, 4) is 0 Å². The van der Waals surface area contributed by atoms with Gasteiger partial charge in [0.15, 0.2) is 6.04 Å². The minimum atomic E-state index is -1.25. The minimum absolute atomic E-state index is 0.194. The molecule has 0 aromatic rings. The van der Waals surface area contributed by atoms with E-state index in [2.05, 4.69) is 11.1 Å². The minimum Gasteiger partial charge on any atom is -0.548 e. The summed E-state index contributed by atoms with van der Waals surface area (Å²) in [4.78, 5) is 22.4. The van der Waals surface area contributed by atoms with Crippen molar-refractivity contribution >= 4 is 11.9 Å². The standard InChI is InChI=1S/C11H22N2O3/c1-6(2)5-8(12)10(14)13-9(7(3)4)11(15)16/h6-9H,5,12H2,1-4H3,(H,13,14)(H,15,16)/t8-,9-/m1/s1. The highest BCUT2D eigenvalue weighted by atomic mass is 16.4. The molecule has 0 aliphatic carbocycles. The zero-order chi connectivity index (χ0) is 12.9. The molecule has 0 spiro atoms. The Morgan fingerprint density at radius 1 is 1.25 bits per heavy atom. The van der Waals surface area contributed by atoms with Gasteiger partial charge in [0.25, 0.3) is 5.91 Å². The number of carbonyl (C=O) groups excluding carboxylic acids is 2. The molecule has 1 amide bonds. The number of hydrogen-bond donors (Lipinski definition) is 2. The summed E-state index contributed by atoms with van der Waals surface area (Å²) in [7, 11) is 0. The lowest BCUT2D eigenvalue weighted by atomic mass is 10.0. The van der Waals surface area contributed by atoms with Gasteiger partial charge in [-0.15, -0.1) is 0 Å². The largest absolute Gasteiger partial charge is 0.548 e. The van der Waals surface area contributed by atoms with Gasteiger partial charge >= 0.3 is 0 Å². The Hall–Kier alpha value is -1.10. The van der Waals surface area contributed by atoms with Crippen LogP contribution in [0.4, 0.5) is 0 Å². The lowest BCUT2D eigenvalue weighted by Crippen LogP contribution is -2.69. The monoisotopic (exact) mass is 230 g/mol. The normalized spacial score (nSPS) is 14.9. The van der Waals surface area contributed by atoms with E-state index in [4.69, 9.17) is 0 Å². The highest BCUT2D eigenvalue weighted by Gasteiger charge is 2.23. The molecule has 0 fully saturated rings. The van der Waals surface area contributed by atoms with Crippen molar-refractivity contribution in [3.05, 3.63) is 0 Å². The quantitative estimate of drug-likeness (QED) is 0.583. The molecule has 0 rings (SSSR count). The van der Waals surface area contributed by atoms with E-state index in [9.17, 15) is 14.7 Å². The SMILES string of the molecule is CC(C)C[C@@H]([NH3+])C(=O)N[C@@H](C(=O)[O-])C(C)C. The maximum Gasteiger partial charge on any atom is 0.278 e. The van der Waals surface area contributed by atoms with Crippen molar-refractivity contribution in [3.63, 3.8) is 0 Å². The molecule has 5 nitrogen and oxygen atoms in total. The third kappa shape index (κ3) is 5.11. The van der Waals surface area contributed by atoms with E-state index in [1.54, 1.807) is 13.8 Å². The molecule has 0 aliphatic heterocycles. The number of aliphatic carboxylic acids is 1. The van der Waals surface area contributed by atoms with Crippen LogP contribution in [0.2, 0.25) is 0 Å². The van der Waals surface area contributed by atoms with Crippen LogP contribution in [0.1, 0.15) is 34.1 Å². The Morgan fingerprint density at radius 2 is 1.75 bits per heavy atom. The van der Waals surface area contributed by atoms with Gasteiger partial charge in [-0.1, -0.05) is 27.7 Å². The predicted octanol–water partition coefficient (Wildman–Crippen LogP) is -1.47. The molecule has 4 N–H and O–H groups in total. The second kappa shape index (κ2) is 6.48. The van der Waals surface area contributed by atoms with Gasteiger partial charge in [0.05, 0.1) is 12.0 Å². The lowest BCUT2D eigenvalue weighted by molar-refractivity contribution is -0.406. The van der Waals surface area contributed by atoms with E-state index in [1.807, 2.05) is 13.8 Å². The molecule has 94 valence electrons. The fourth-order valence-electron chi connectivity index (χ4n) is 1.44. The van der Waals surface area contributed by atoms with Crippen LogP contribution in [0.15, 0.2) is 0 Å². The molecule has 0 radical (unpaired) electrons. The number of amides is 1. The first-order valence-corrected chi connectivity index (χ1v) is 5.60. The van der Waals surface area contributed by atoms with Crippen molar-refractivity contribution in [2.45, 2.75) is 46.2 Å². The van der Waals surface area contributed by atoms with Crippen molar-refractivity contribution in [2.24, 2.45) is 11.8 Å². The number of carboxylic acids is 1. The van der Waals surface area contributed by atoms with E-state index < -0.39 is 18.1 Å². The summed E-state index contributed by atoms with van der Waals surface area (Å²) in [5.41, 5.74) is 3.72. The van der Waals surface area contributed by atoms with Crippen molar-refractivity contribution in [2.75, 3.05) is 0 Å². The van der Waals surface area contributed by atoms with Gasteiger partial charge in [0.1, 0.15) is 0 Å². The van der Waals surface area contributed by atoms with E-state index in [1.165, 1.54) is 0 Å². The van der Waals surface area contributed by atoms with Crippen LogP contribution >= 0.6 is 0 Å². The van der Waals surface area contributed by atoms with E-state index in [-0.39, 0.29) is 11.8 Å². The zero-order valence-electron chi connectivity index (χ0n) is 10.4. The maximum atomic E-state index is 11.6. The molecule has 0 aliphatic rings. The summed E-state index contributed by atoms with van der Waals surface area (Å²) in [5, 5.41) is 13.2. The molecule has 16 heavy (non-hydrogen) atoms. The van der Waals surface area contributed by atoms with E-state index in [0.717, 1.165) is 0 Å². The first kappa shape index (κ1) is 14.9. The third-order valence-corrected chi connectivity index (χ3v) is 2.35. The summed E-state index contributed by atoms with van der Waals surface area (Å²) in [6, 6.07) is -1.36. The van der Waals surface area contributed by atoms with Gasteiger partial charge in [-0.2, -0.15) is 0 Å². The molecule has 0 bridgehead atoms. The van der Waals surface area contributed by atoms with Gasteiger partial charge in [-0.3, -0.25) is 4.79 Å². The number of carbonyl (C=O) groups is 2. The first-order valence-electron chi connectivity index (χ1n) is 5.60. The smallest absolute Gasteiger partial charge is 0.278 e. The van der Waals surface area contributed by atoms with E-state index in [0.29, 0.717) is 12.3 Å². The molecule has 2 atom stereocenters. The Bertz CT molecular complexity index is 252. The Balaban J connectivity index is 4.35. The summed E-state index contributed by atoms with van der Waals surface area (Å²) in [5.74, 6) is -1.41. The lowest BCUT2D eigenvalue weighted by Gasteiger charge is -2.24. The number of hydrogen-bond acceptors (Lipinski definition) is 3. The average molecular weight is 230 g/mol. The fourth-order valence-corrected chi connectivity index (χ4v) is 1.44. The first-order chi connectivity index (χ1) is 7.25. The Kier molecular flexibility index (Phi) is 6.03. The highest BCUT2D eigenvalue weighted by molar-refractivity contribution is 5.85. The molecule has 0 unspecified atom stereocenters. The van der Waals surface area contributed by atoms with Crippen molar-refractivity contribution < 1.29 is 20.4 Å². The Morgan fingerprint density at radius 3 is 2.06 bits per heavy atom. The molecular weight excluding hydrogens is 208 g/mol. The van der Waals surface area contributed by atoms with Gasteiger partial charge in [-0.05, 0) is 11.8 Å². The van der Waals surface area contributed by atoms with Crippen LogP contribution in [0.25, 0.3) is 0 Å². The van der Waals surface area contributed by atoms with Gasteiger partial charge in [-0.25, -0.2) is 0 Å². The summed E-state index contributed by atoms with van der Waals surface area (Å²) in [6.07, 6.45) is 0.643. The van der Waals surface area contributed by atoms with Crippen molar-refractivity contribution in [1.29, 1.82) is 0 Å². The molecule has 0 aromatic carbocycles. The summed E-state index contributed by atoms with van der Waals surface area (Å²) >= 11 is 0. The maximum absolute atomic E-state index is 11.6. The van der Waals surface area contributed by atoms with Crippen LogP contribution in [-0.2, 0) is 9.59 Å². The van der Waals surface area contributed by atoms with Crippen LogP contribution in [0.5, 0.6) is 0 Å². The number of carboxylic acid groups (broad SMARTS) is 1. The zero-order valence-corrected chi connectivity index (χ0v) is 10.4. The fraction of sp³-hybridized carbons (Fsp3) is 0.818. The molecule has 0 saturated carbocycles. The van der Waals surface area contributed by atoms with Gasteiger partial charge in [0, 0.05) is 6.42 Å². The summed E-state index contributed by atoms with van der Waals surface area (Å²) in [6.45, 7) is 7.43. The van der Waals surface area contributed by atoms with E-state index >= 15 is 0 Å². The number of rotatable bonds is 6. The molecule has 5 heteroatoms. The second-order valence-electron chi connectivity index (χ2n) is 4.88. The third-order valence-electron chi connectivity index (χ3n) is 2.35. The molecule has 0 aromatic heterocycles. The topological polar surface area (TPSA) is 96.9 Å². The molecule has 0 heterocycles. The van der Waals surface area contributed by atoms with Crippen LogP contribution in [0, 0.1) is 11.8 Å². The van der Waals surface area contributed by atoms with Gasteiger partial charge < -0.3 is 21.0 Å². The summed E-state index contributed by atoms with van der Waals surface area (Å²) < 4.78 is 0. The average Bonchev–Trinajstić information content (AvgIpc) is 2.11. The van der Waals surface area contributed by atoms with Gasteiger partial charge in [0.2, 0.25) is 0 Å². The number of quaternary nitrogens is 1. The van der Waals surface area contributed by atoms with Crippen LogP contribution in [-0.4, -0.2) is 24.0 Å². The highest BCUT2D eigenvalue weighted by Crippen LogP contribution is 2.04. The molecular formula is C11H22N2O3. The Labute approximate surface area is 96.4 Å².